The van der Waals surface area contributed by atoms with E-state index < -0.39 is 45.6 Å². The molecular weight excluding hydrogens is 671 g/mol. The Bertz CT molecular complexity index is 1120. The lowest BCUT2D eigenvalue weighted by molar-refractivity contribution is -0.153. The third-order valence-corrected chi connectivity index (χ3v) is 9.35. The van der Waals surface area contributed by atoms with Gasteiger partial charge in [-0.05, 0) is 52.4 Å². The molecule has 10 nitrogen and oxygen atoms in total. The molecule has 0 saturated carbocycles. The first kappa shape index (κ1) is 48.6. The van der Waals surface area contributed by atoms with Crippen LogP contribution in [0.4, 0.5) is 0 Å². The number of hydrogen-bond acceptors (Lipinski definition) is 8. The second kappa shape index (κ2) is 31.1. The number of aliphatic hydroxyl groups is 1. The lowest BCUT2D eigenvalue weighted by atomic mass is 9.93. The summed E-state index contributed by atoms with van der Waals surface area (Å²) in [6.07, 6.45) is 27.1. The molecule has 0 bridgehead atoms. The van der Waals surface area contributed by atoms with Gasteiger partial charge < -0.3 is 19.9 Å². The predicted octanol–water partition coefficient (Wildman–Crippen LogP) is 8.55. The van der Waals surface area contributed by atoms with Gasteiger partial charge in [-0.25, -0.2) is 0 Å². The lowest BCUT2D eigenvalue weighted by Gasteiger charge is -2.25. The van der Waals surface area contributed by atoms with Gasteiger partial charge in [0.15, 0.2) is 0 Å². The van der Waals surface area contributed by atoms with Gasteiger partial charge in [-0.15, -0.1) is 11.8 Å². The highest BCUT2D eigenvalue weighted by atomic mass is 32.2. The molecule has 3 unspecified atom stereocenters. The lowest BCUT2D eigenvalue weighted by Crippen LogP contribution is -2.36. The van der Waals surface area contributed by atoms with E-state index >= 15 is 0 Å². The quantitative estimate of drug-likeness (QED) is 0.0202. The monoisotopic (exact) mass is 741 g/mol. The maximum Gasteiger partial charge on any atom is 0.307 e. The van der Waals surface area contributed by atoms with Crippen LogP contribution in [0.2, 0.25) is 0 Å². The minimum Gasteiger partial charge on any atom is -0.462 e. The molecule has 11 heteroatoms. The van der Waals surface area contributed by atoms with Crippen LogP contribution in [0.5, 0.6) is 0 Å². The molecule has 3 atom stereocenters. The van der Waals surface area contributed by atoms with Crippen LogP contribution in [0.15, 0.2) is 12.2 Å². The first-order valence-corrected chi connectivity index (χ1v) is 21.3. The van der Waals surface area contributed by atoms with Crippen LogP contribution in [0, 0.1) is 11.8 Å². The number of carbonyl (C=O) groups excluding carboxylic acids is 3. The van der Waals surface area contributed by atoms with Crippen molar-refractivity contribution in [2.75, 3.05) is 12.3 Å². The summed E-state index contributed by atoms with van der Waals surface area (Å²) in [6, 6.07) is 0. The van der Waals surface area contributed by atoms with Crippen molar-refractivity contribution in [2.24, 2.45) is 0 Å². The zero-order valence-corrected chi connectivity index (χ0v) is 33.2. The minimum absolute atomic E-state index is 0.180. The molecule has 0 aromatic heterocycles. The third kappa shape index (κ3) is 35.8. The summed E-state index contributed by atoms with van der Waals surface area (Å²) in [5.74, 6) is 4.17. The van der Waals surface area contributed by atoms with Crippen LogP contribution >= 0.6 is 0 Å². The minimum atomic E-state index is -4.19. The maximum atomic E-state index is 12.3. The summed E-state index contributed by atoms with van der Waals surface area (Å²) in [7, 11) is -4.19. The Labute approximate surface area is 310 Å². The largest absolute Gasteiger partial charge is 0.462 e. The fourth-order valence-corrected chi connectivity index (χ4v) is 6.24. The molecule has 0 heterocycles. The first-order chi connectivity index (χ1) is 24.2. The summed E-state index contributed by atoms with van der Waals surface area (Å²) < 4.78 is 41.2. The van der Waals surface area contributed by atoms with Gasteiger partial charge in [-0.1, -0.05) is 103 Å². The van der Waals surface area contributed by atoms with Gasteiger partial charge in [-0.2, -0.15) is 8.42 Å². The van der Waals surface area contributed by atoms with Crippen LogP contribution in [0.1, 0.15) is 182 Å². The molecule has 0 saturated heterocycles. The van der Waals surface area contributed by atoms with E-state index in [0.717, 1.165) is 19.3 Å². The number of carbonyl (C=O) groups is 3. The highest BCUT2D eigenvalue weighted by Gasteiger charge is 2.26. The molecule has 0 aliphatic carbocycles. The number of nitrogens with one attached hydrogen (secondary N) is 1. The van der Waals surface area contributed by atoms with E-state index in [1.807, 2.05) is 0 Å². The summed E-state index contributed by atoms with van der Waals surface area (Å²) in [4.78, 5) is 36.0. The zero-order chi connectivity index (χ0) is 38.2. The highest BCUT2D eigenvalue weighted by molar-refractivity contribution is 7.85. The van der Waals surface area contributed by atoms with Crippen LogP contribution in [0.25, 0.3) is 0 Å². The molecule has 0 aromatic rings. The number of hydrogen-bond donors (Lipinski definition) is 3. The Morgan fingerprint density at radius 2 is 1.37 bits per heavy atom. The average Bonchev–Trinajstić information content (AvgIpc) is 3.02. The van der Waals surface area contributed by atoms with Crippen molar-refractivity contribution in [2.45, 2.75) is 200 Å². The molecular formula is C40H71NO9S. The Morgan fingerprint density at radius 3 is 1.94 bits per heavy atom. The van der Waals surface area contributed by atoms with Crippen LogP contribution in [-0.2, 0) is 34.0 Å². The summed E-state index contributed by atoms with van der Waals surface area (Å²) >= 11 is 0. The Kier molecular flexibility index (Phi) is 29.7. The van der Waals surface area contributed by atoms with Crippen molar-refractivity contribution in [3.8, 4) is 11.8 Å². The van der Waals surface area contributed by atoms with E-state index in [2.05, 4.69) is 36.2 Å². The van der Waals surface area contributed by atoms with Gasteiger partial charge >= 0.3 is 11.9 Å². The molecule has 0 aromatic carbocycles. The summed E-state index contributed by atoms with van der Waals surface area (Å²) in [5.41, 5.74) is -1.37. The number of amides is 1. The number of allylic oxidation sites excluding steroid dienone is 2. The zero-order valence-electron chi connectivity index (χ0n) is 32.4. The molecule has 296 valence electrons. The van der Waals surface area contributed by atoms with Gasteiger partial charge in [0.2, 0.25) is 5.91 Å². The third-order valence-electron chi connectivity index (χ3n) is 8.63. The predicted molar refractivity (Wildman–Crippen MR) is 205 cm³/mol. The fourth-order valence-electron chi connectivity index (χ4n) is 5.88. The fraction of sp³-hybridized carbons (Fsp3) is 0.825. The van der Waals surface area contributed by atoms with Gasteiger partial charge in [0.25, 0.3) is 10.1 Å². The van der Waals surface area contributed by atoms with Gasteiger partial charge in [0.1, 0.15) is 12.2 Å². The number of ether oxygens (including phenoxy) is 2. The number of unbranched alkanes of at least 4 members (excludes halogenated alkanes) is 15. The topological polar surface area (TPSA) is 156 Å². The number of rotatable bonds is 32. The molecule has 3 N–H and O–H groups in total. The van der Waals surface area contributed by atoms with Gasteiger partial charge in [0, 0.05) is 32.7 Å². The second-order valence-corrected chi connectivity index (χ2v) is 15.8. The SMILES string of the molecule is CCCCCCCCCCCCCCCCC=CCCC#CCCC(=O)OC(C)CC(CCCC(C)(O)CC(=O)NCCS(=O)(=O)O)OC(C)=O. The molecule has 0 aliphatic rings. The maximum absolute atomic E-state index is 12.3. The Balaban J connectivity index is 4.04. The van der Waals surface area contributed by atoms with Crippen LogP contribution in [0.3, 0.4) is 0 Å². The first-order valence-electron chi connectivity index (χ1n) is 19.7. The number of esters is 2. The van der Waals surface area contributed by atoms with E-state index in [1.165, 1.54) is 104 Å². The average molecular weight is 742 g/mol. The van der Waals surface area contributed by atoms with Crippen LogP contribution in [-0.4, -0.2) is 66.0 Å². The Hall–Kier alpha value is -2.42. The standard InChI is InChI=1S/C40H71NO9S/c1-5-6-7-8-9-10-11-12-13-14-15-16-17-18-19-20-21-22-23-24-25-26-29-39(44)49-35(2)33-37(50-36(3)42)28-27-30-40(4,45)34-38(43)41-31-32-51(46,47)48/h20-21,35,37,45H,5-19,22-23,26-34H2,1-4H3,(H,41,43)(H,46,47,48). The van der Waals surface area contributed by atoms with E-state index in [4.69, 9.17) is 14.0 Å². The van der Waals surface area contributed by atoms with E-state index in [9.17, 15) is 27.9 Å². The normalized spacial score (nSPS) is 13.9. The molecule has 51 heavy (non-hydrogen) atoms. The molecule has 0 aliphatic heterocycles. The van der Waals surface area contributed by atoms with Crippen molar-refractivity contribution >= 4 is 28.0 Å². The Morgan fingerprint density at radius 1 is 0.824 bits per heavy atom. The van der Waals surface area contributed by atoms with Gasteiger partial charge in [-0.3, -0.25) is 18.9 Å². The van der Waals surface area contributed by atoms with Crippen molar-refractivity contribution in [3.05, 3.63) is 12.2 Å². The smallest absolute Gasteiger partial charge is 0.307 e. The van der Waals surface area contributed by atoms with Crippen molar-refractivity contribution in [1.29, 1.82) is 0 Å². The molecule has 0 rings (SSSR count). The summed E-state index contributed by atoms with van der Waals surface area (Å²) in [5, 5.41) is 12.9. The van der Waals surface area contributed by atoms with Crippen LogP contribution < -0.4 is 5.32 Å². The van der Waals surface area contributed by atoms with E-state index in [1.54, 1.807) is 6.92 Å². The van der Waals surface area contributed by atoms with E-state index in [-0.39, 0.29) is 31.8 Å². The van der Waals surface area contributed by atoms with Crippen molar-refractivity contribution in [1.82, 2.24) is 5.32 Å². The van der Waals surface area contributed by atoms with Crippen molar-refractivity contribution in [3.63, 3.8) is 0 Å². The molecule has 0 radical (unpaired) electrons. The second-order valence-electron chi connectivity index (χ2n) is 14.2. The van der Waals surface area contributed by atoms with Crippen molar-refractivity contribution < 1.29 is 41.9 Å². The summed E-state index contributed by atoms with van der Waals surface area (Å²) in [6.45, 7) is 6.53. The highest BCUT2D eigenvalue weighted by Crippen LogP contribution is 2.21. The van der Waals surface area contributed by atoms with E-state index in [0.29, 0.717) is 25.7 Å². The van der Waals surface area contributed by atoms with Gasteiger partial charge in [0.05, 0.1) is 24.2 Å². The molecule has 0 spiro atoms. The molecule has 0 fully saturated rings. The molecule has 1 amide bonds.